The summed E-state index contributed by atoms with van der Waals surface area (Å²) in [5, 5.41) is 13.3. The number of anilines is 1. The van der Waals surface area contributed by atoms with Crippen molar-refractivity contribution in [2.24, 2.45) is 0 Å². The average Bonchev–Trinajstić information content (AvgIpc) is 3.16. The second kappa shape index (κ2) is 8.38. The number of nitrogens with zero attached hydrogens (tertiary/aromatic N) is 1. The third-order valence-electron chi connectivity index (χ3n) is 3.79. The van der Waals surface area contributed by atoms with Crippen LogP contribution in [0.3, 0.4) is 0 Å². The van der Waals surface area contributed by atoms with E-state index in [1.54, 1.807) is 0 Å². The molecule has 0 spiro atoms. The zero-order chi connectivity index (χ0) is 21.0. The molecule has 0 atom stereocenters. The molecule has 1 heterocycles. The van der Waals surface area contributed by atoms with Crippen molar-refractivity contribution in [3.05, 3.63) is 81.8 Å². The number of halogens is 2. The molecule has 1 amide bonds. The summed E-state index contributed by atoms with van der Waals surface area (Å²) in [7, 11) is 1.31. The van der Waals surface area contributed by atoms with Crippen molar-refractivity contribution in [1.82, 2.24) is 0 Å². The summed E-state index contributed by atoms with van der Waals surface area (Å²) < 4.78 is 42.1. The molecule has 150 valence electrons. The van der Waals surface area contributed by atoms with Gasteiger partial charge in [-0.2, -0.15) is 0 Å². The first-order chi connectivity index (χ1) is 13.9. The van der Waals surface area contributed by atoms with Gasteiger partial charge in [0.05, 0.1) is 23.8 Å². The van der Waals surface area contributed by atoms with Gasteiger partial charge in [-0.3, -0.25) is 14.9 Å². The number of non-ortho nitro benzene ring substituents is 1. The summed E-state index contributed by atoms with van der Waals surface area (Å²) in [5.41, 5.74) is 0.0241. The molecule has 2 aromatic carbocycles. The normalized spacial score (nSPS) is 10.4. The maximum atomic E-state index is 13.6. The number of furan rings is 1. The van der Waals surface area contributed by atoms with E-state index in [4.69, 9.17) is 13.9 Å². The van der Waals surface area contributed by atoms with Crippen LogP contribution in [-0.2, 0) is 6.61 Å². The topological polar surface area (TPSA) is 104 Å². The zero-order valence-corrected chi connectivity index (χ0v) is 15.0. The third kappa shape index (κ3) is 4.67. The first-order valence-electron chi connectivity index (χ1n) is 8.17. The molecule has 0 aliphatic rings. The molecule has 0 saturated heterocycles. The lowest BCUT2D eigenvalue weighted by molar-refractivity contribution is -0.384. The summed E-state index contributed by atoms with van der Waals surface area (Å²) in [6.07, 6.45) is 0. The van der Waals surface area contributed by atoms with Gasteiger partial charge in [-0.1, -0.05) is 0 Å². The van der Waals surface area contributed by atoms with E-state index in [0.717, 1.165) is 12.1 Å². The van der Waals surface area contributed by atoms with Gasteiger partial charge in [0.2, 0.25) is 0 Å². The highest BCUT2D eigenvalue weighted by Crippen LogP contribution is 2.29. The maximum absolute atomic E-state index is 13.6. The lowest BCUT2D eigenvalue weighted by atomic mass is 10.2. The number of rotatable bonds is 7. The second-order valence-corrected chi connectivity index (χ2v) is 5.73. The molecule has 1 N–H and O–H groups in total. The number of hydrogen-bond donors (Lipinski definition) is 1. The first kappa shape index (κ1) is 19.8. The van der Waals surface area contributed by atoms with Gasteiger partial charge in [0, 0.05) is 12.1 Å². The van der Waals surface area contributed by atoms with E-state index >= 15 is 0 Å². The van der Waals surface area contributed by atoms with Crippen LogP contribution in [0.15, 0.2) is 52.9 Å². The number of carbonyl (C=O) groups excluding carboxylic acids is 1. The lowest BCUT2D eigenvalue weighted by Crippen LogP contribution is -2.12. The smallest absolute Gasteiger partial charge is 0.291 e. The summed E-state index contributed by atoms with van der Waals surface area (Å²) in [6.45, 7) is -0.184. The fraction of sp³-hybridized carbons (Fsp3) is 0.105. The largest absolute Gasteiger partial charge is 0.494 e. The van der Waals surface area contributed by atoms with Gasteiger partial charge in [-0.25, -0.2) is 8.78 Å². The van der Waals surface area contributed by atoms with Crippen molar-refractivity contribution in [2.75, 3.05) is 12.4 Å². The molecule has 1 aromatic heterocycles. The Morgan fingerprint density at radius 2 is 1.93 bits per heavy atom. The second-order valence-electron chi connectivity index (χ2n) is 5.73. The molecule has 29 heavy (non-hydrogen) atoms. The molecule has 0 radical (unpaired) electrons. The minimum atomic E-state index is -0.861. The van der Waals surface area contributed by atoms with Crippen LogP contribution in [0.5, 0.6) is 11.5 Å². The molecular formula is C19H14F2N2O6. The molecule has 0 unspecified atom stereocenters. The van der Waals surface area contributed by atoms with Crippen LogP contribution in [0.2, 0.25) is 0 Å². The molecule has 0 saturated carbocycles. The number of methoxy groups -OCH3 is 1. The third-order valence-corrected chi connectivity index (χ3v) is 3.79. The Hall–Kier alpha value is -3.95. The van der Waals surface area contributed by atoms with Crippen molar-refractivity contribution >= 4 is 17.3 Å². The number of amides is 1. The highest BCUT2D eigenvalue weighted by Gasteiger charge is 2.17. The predicted octanol–water partition coefficient (Wildman–Crippen LogP) is 4.31. The van der Waals surface area contributed by atoms with Crippen molar-refractivity contribution in [1.29, 1.82) is 0 Å². The van der Waals surface area contributed by atoms with E-state index in [1.807, 2.05) is 0 Å². The van der Waals surface area contributed by atoms with E-state index in [9.17, 15) is 23.7 Å². The molecule has 0 bridgehead atoms. The maximum Gasteiger partial charge on any atom is 0.291 e. The fourth-order valence-electron chi connectivity index (χ4n) is 2.40. The predicted molar refractivity (Wildman–Crippen MR) is 97.0 cm³/mol. The highest BCUT2D eigenvalue weighted by atomic mass is 19.1. The number of hydrogen-bond acceptors (Lipinski definition) is 6. The number of benzene rings is 2. The molecule has 8 nitrogen and oxygen atoms in total. The Balaban J connectivity index is 1.67. The van der Waals surface area contributed by atoms with Crippen molar-refractivity contribution in [3.63, 3.8) is 0 Å². The van der Waals surface area contributed by atoms with Crippen molar-refractivity contribution in [3.8, 4) is 11.5 Å². The summed E-state index contributed by atoms with van der Waals surface area (Å²) in [6, 6.07) is 9.45. The van der Waals surface area contributed by atoms with Crippen molar-refractivity contribution in [2.45, 2.75) is 6.61 Å². The van der Waals surface area contributed by atoms with Gasteiger partial charge >= 0.3 is 0 Å². The molecule has 0 aliphatic carbocycles. The molecular weight excluding hydrogens is 390 g/mol. The van der Waals surface area contributed by atoms with Gasteiger partial charge in [0.15, 0.2) is 17.3 Å². The van der Waals surface area contributed by atoms with E-state index in [-0.39, 0.29) is 41.0 Å². The number of carbonyl (C=O) groups is 1. The quantitative estimate of drug-likeness (QED) is 0.465. The highest BCUT2D eigenvalue weighted by molar-refractivity contribution is 6.03. The molecule has 3 aromatic rings. The monoisotopic (exact) mass is 404 g/mol. The Kier molecular flexibility index (Phi) is 5.72. The van der Waals surface area contributed by atoms with Crippen LogP contribution in [-0.4, -0.2) is 17.9 Å². The van der Waals surface area contributed by atoms with E-state index in [1.165, 1.54) is 37.4 Å². The molecule has 10 heteroatoms. The van der Waals surface area contributed by atoms with E-state index in [0.29, 0.717) is 6.07 Å². The number of ether oxygens (including phenoxy) is 2. The number of nitrogens with one attached hydrogen (secondary N) is 1. The van der Waals surface area contributed by atoms with Crippen LogP contribution in [0.1, 0.15) is 16.3 Å². The van der Waals surface area contributed by atoms with Gasteiger partial charge in [0.25, 0.3) is 11.6 Å². The van der Waals surface area contributed by atoms with Crippen LogP contribution in [0.4, 0.5) is 20.2 Å². The van der Waals surface area contributed by atoms with Gasteiger partial charge < -0.3 is 19.2 Å². The fourth-order valence-corrected chi connectivity index (χ4v) is 2.40. The molecule has 3 rings (SSSR count). The Labute approximate surface area is 162 Å². The number of nitro groups is 1. The first-order valence-corrected chi connectivity index (χ1v) is 8.17. The molecule has 0 fully saturated rings. The van der Waals surface area contributed by atoms with Gasteiger partial charge in [0.1, 0.15) is 23.9 Å². The van der Waals surface area contributed by atoms with Gasteiger partial charge in [-0.05, 0) is 30.3 Å². The minimum Gasteiger partial charge on any atom is -0.494 e. The van der Waals surface area contributed by atoms with Crippen LogP contribution < -0.4 is 14.8 Å². The Morgan fingerprint density at radius 3 is 2.62 bits per heavy atom. The van der Waals surface area contributed by atoms with E-state index in [2.05, 4.69) is 5.32 Å². The average molecular weight is 404 g/mol. The zero-order valence-electron chi connectivity index (χ0n) is 15.0. The summed E-state index contributed by atoms with van der Waals surface area (Å²) in [5.74, 6) is -2.11. The Morgan fingerprint density at radius 1 is 1.14 bits per heavy atom. The van der Waals surface area contributed by atoms with Gasteiger partial charge in [-0.15, -0.1) is 0 Å². The summed E-state index contributed by atoms with van der Waals surface area (Å²) in [4.78, 5) is 22.6. The van der Waals surface area contributed by atoms with Crippen LogP contribution >= 0.6 is 0 Å². The van der Waals surface area contributed by atoms with Crippen molar-refractivity contribution < 1.29 is 32.4 Å². The SMILES string of the molecule is COc1cc([N+](=O)[O-])ccc1NC(=O)c1ccc(COc2ccc(F)cc2F)o1. The number of nitro benzene ring substituents is 1. The standard InChI is InChI=1S/C19H14F2N2O6/c1-27-18-9-12(23(25)26)3-5-15(18)22-19(24)17-7-4-13(29-17)10-28-16-6-2-11(20)8-14(16)21/h2-9H,10H2,1H3,(H,22,24). The summed E-state index contributed by atoms with van der Waals surface area (Å²) >= 11 is 0. The Bertz CT molecular complexity index is 1070. The lowest BCUT2D eigenvalue weighted by Gasteiger charge is -2.09. The van der Waals surface area contributed by atoms with E-state index < -0.39 is 22.5 Å². The molecule has 0 aliphatic heterocycles. The minimum absolute atomic E-state index is 0.0661. The van der Waals surface area contributed by atoms with Crippen LogP contribution in [0.25, 0.3) is 0 Å². The van der Waals surface area contributed by atoms with Crippen LogP contribution in [0, 0.1) is 21.7 Å².